The summed E-state index contributed by atoms with van der Waals surface area (Å²) in [4.78, 5) is 0. The first-order valence-electron chi connectivity index (χ1n) is 4.10. The molecule has 0 saturated carbocycles. The summed E-state index contributed by atoms with van der Waals surface area (Å²) >= 11 is 0. The molecule has 2 heteroatoms. The van der Waals surface area contributed by atoms with Crippen molar-refractivity contribution in [1.82, 2.24) is 0 Å². The van der Waals surface area contributed by atoms with Crippen LogP contribution in [0.1, 0.15) is 33.6 Å². The topological polar surface area (TPSA) is 40.5 Å². The monoisotopic (exact) mass is 160 g/mol. The van der Waals surface area contributed by atoms with Crippen LogP contribution in [0.15, 0.2) is 11.6 Å². The van der Waals surface area contributed by atoms with Gasteiger partial charge in [-0.2, -0.15) is 0 Å². The van der Waals surface area contributed by atoms with E-state index in [4.69, 9.17) is 10.2 Å². The number of hydrogen-bond donors (Lipinski definition) is 2. The Morgan fingerprint density at radius 3 is 2.00 bits per heavy atom. The molecule has 0 radical (unpaired) electrons. The number of allylic oxidation sites excluding steroid dienone is 1. The molecule has 0 aliphatic rings. The van der Waals surface area contributed by atoms with Gasteiger partial charge in [-0.15, -0.1) is 0 Å². The van der Waals surface area contributed by atoms with Crippen LogP contribution < -0.4 is 0 Å². The average molecular weight is 160 g/mol. The van der Waals surface area contributed by atoms with Crippen molar-refractivity contribution in [3.05, 3.63) is 11.6 Å². The number of hydrogen-bond acceptors (Lipinski definition) is 2. The maximum Gasteiger partial charge on any atom is 0.0639 e. The maximum atomic E-state index is 8.49. The molecule has 0 aromatic heterocycles. The maximum absolute atomic E-state index is 8.49. The Hall–Kier alpha value is -0.340. The van der Waals surface area contributed by atoms with Crippen molar-refractivity contribution < 1.29 is 10.2 Å². The van der Waals surface area contributed by atoms with Gasteiger partial charge in [-0.1, -0.05) is 25.0 Å². The van der Waals surface area contributed by atoms with Crippen molar-refractivity contribution in [2.75, 3.05) is 13.2 Å². The van der Waals surface area contributed by atoms with E-state index in [1.165, 1.54) is 0 Å². The average Bonchev–Trinajstić information content (AvgIpc) is 2.02. The highest BCUT2D eigenvalue weighted by Crippen LogP contribution is 1.95. The third kappa shape index (κ3) is 17.7. The quantitative estimate of drug-likeness (QED) is 0.617. The highest BCUT2D eigenvalue weighted by molar-refractivity contribution is 4.96. The van der Waals surface area contributed by atoms with Crippen LogP contribution >= 0.6 is 0 Å². The summed E-state index contributed by atoms with van der Waals surface area (Å²) in [6.45, 7) is 6.21. The lowest BCUT2D eigenvalue weighted by Crippen LogP contribution is -1.82. The zero-order valence-electron chi connectivity index (χ0n) is 7.80. The molecular weight excluding hydrogens is 140 g/mol. The van der Waals surface area contributed by atoms with E-state index >= 15 is 0 Å². The number of aliphatic hydroxyl groups is 2. The van der Waals surface area contributed by atoms with Gasteiger partial charge in [0.15, 0.2) is 0 Å². The van der Waals surface area contributed by atoms with Crippen molar-refractivity contribution in [3.8, 4) is 0 Å². The van der Waals surface area contributed by atoms with E-state index in [-0.39, 0.29) is 13.2 Å². The lowest BCUT2D eigenvalue weighted by Gasteiger charge is -1.90. The third-order valence-electron chi connectivity index (χ3n) is 1.03. The molecule has 0 aromatic carbocycles. The van der Waals surface area contributed by atoms with Gasteiger partial charge < -0.3 is 10.2 Å². The fourth-order valence-corrected chi connectivity index (χ4v) is 0.455. The summed E-state index contributed by atoms with van der Waals surface area (Å²) < 4.78 is 0. The Morgan fingerprint density at radius 1 is 1.27 bits per heavy atom. The summed E-state index contributed by atoms with van der Waals surface area (Å²) in [7, 11) is 0. The SMILES string of the molecule is CCC/C=C(\C)CO.CCO. The number of rotatable bonds is 3. The molecule has 2 N–H and O–H groups in total. The second-order valence-electron chi connectivity index (χ2n) is 2.31. The van der Waals surface area contributed by atoms with Gasteiger partial charge >= 0.3 is 0 Å². The van der Waals surface area contributed by atoms with E-state index in [2.05, 4.69) is 13.0 Å². The molecule has 0 saturated heterocycles. The van der Waals surface area contributed by atoms with Gasteiger partial charge in [0, 0.05) is 6.61 Å². The van der Waals surface area contributed by atoms with E-state index in [0.29, 0.717) is 0 Å². The molecule has 0 aliphatic heterocycles. The van der Waals surface area contributed by atoms with E-state index in [0.717, 1.165) is 18.4 Å². The summed E-state index contributed by atoms with van der Waals surface area (Å²) in [5.74, 6) is 0. The van der Waals surface area contributed by atoms with Gasteiger partial charge in [0.25, 0.3) is 0 Å². The molecule has 0 amide bonds. The van der Waals surface area contributed by atoms with Gasteiger partial charge in [0.1, 0.15) is 0 Å². The van der Waals surface area contributed by atoms with E-state index < -0.39 is 0 Å². The summed E-state index contributed by atoms with van der Waals surface area (Å²) in [6, 6.07) is 0. The van der Waals surface area contributed by atoms with Gasteiger partial charge in [-0.25, -0.2) is 0 Å². The Bertz CT molecular complexity index is 87.6. The molecule has 68 valence electrons. The van der Waals surface area contributed by atoms with Crippen molar-refractivity contribution in [3.63, 3.8) is 0 Å². The number of aliphatic hydroxyl groups excluding tert-OH is 2. The second-order valence-corrected chi connectivity index (χ2v) is 2.31. The van der Waals surface area contributed by atoms with Crippen molar-refractivity contribution in [2.24, 2.45) is 0 Å². The summed E-state index contributed by atoms with van der Waals surface area (Å²) in [5, 5.41) is 16.1. The fraction of sp³-hybridized carbons (Fsp3) is 0.778. The minimum Gasteiger partial charge on any atom is -0.397 e. The molecule has 0 unspecified atom stereocenters. The highest BCUT2D eigenvalue weighted by atomic mass is 16.3. The standard InChI is InChI=1S/C7H14O.C2H6O/c1-3-4-5-7(2)6-8;1-2-3/h5,8H,3-4,6H2,1-2H3;3H,2H2,1H3/b7-5+;. The predicted octanol–water partition coefficient (Wildman–Crippen LogP) is 1.72. The largest absolute Gasteiger partial charge is 0.397 e. The molecular formula is C9H20O2. The third-order valence-corrected chi connectivity index (χ3v) is 1.03. The minimum atomic E-state index is 0.208. The van der Waals surface area contributed by atoms with Crippen LogP contribution in [0.4, 0.5) is 0 Å². The number of unbranched alkanes of at least 4 members (excludes halogenated alkanes) is 1. The smallest absolute Gasteiger partial charge is 0.0639 e. The molecule has 0 spiro atoms. The highest BCUT2D eigenvalue weighted by Gasteiger charge is 1.80. The lowest BCUT2D eigenvalue weighted by atomic mass is 10.2. The Morgan fingerprint density at radius 2 is 1.73 bits per heavy atom. The second kappa shape index (κ2) is 12.3. The van der Waals surface area contributed by atoms with E-state index in [1.54, 1.807) is 6.92 Å². The Labute approximate surface area is 69.6 Å². The van der Waals surface area contributed by atoms with Gasteiger partial charge in [-0.05, 0) is 20.3 Å². The molecule has 0 bridgehead atoms. The van der Waals surface area contributed by atoms with Crippen molar-refractivity contribution >= 4 is 0 Å². The van der Waals surface area contributed by atoms with Crippen LogP contribution in [0.2, 0.25) is 0 Å². The van der Waals surface area contributed by atoms with E-state index in [1.807, 2.05) is 6.92 Å². The van der Waals surface area contributed by atoms with E-state index in [9.17, 15) is 0 Å². The first kappa shape index (κ1) is 13.3. The fourth-order valence-electron chi connectivity index (χ4n) is 0.455. The molecule has 0 aliphatic carbocycles. The van der Waals surface area contributed by atoms with Crippen LogP contribution in [0.5, 0.6) is 0 Å². The van der Waals surface area contributed by atoms with Crippen LogP contribution in [-0.2, 0) is 0 Å². The minimum absolute atomic E-state index is 0.208. The van der Waals surface area contributed by atoms with Gasteiger partial charge in [-0.3, -0.25) is 0 Å². The molecule has 0 atom stereocenters. The molecule has 2 nitrogen and oxygen atoms in total. The molecule has 0 rings (SSSR count). The van der Waals surface area contributed by atoms with Gasteiger partial charge in [0.2, 0.25) is 0 Å². The summed E-state index contributed by atoms with van der Waals surface area (Å²) in [5.41, 5.74) is 1.08. The normalized spacial score (nSPS) is 10.5. The zero-order valence-corrected chi connectivity index (χ0v) is 7.80. The Kier molecular flexibility index (Phi) is 14.9. The molecule has 0 fully saturated rings. The Balaban J connectivity index is 0. The lowest BCUT2D eigenvalue weighted by molar-refractivity contribution is 0.318. The van der Waals surface area contributed by atoms with Crippen molar-refractivity contribution in [2.45, 2.75) is 33.6 Å². The molecule has 0 heterocycles. The van der Waals surface area contributed by atoms with Crippen LogP contribution in [0.25, 0.3) is 0 Å². The predicted molar refractivity (Wildman–Crippen MR) is 48.5 cm³/mol. The molecule has 11 heavy (non-hydrogen) atoms. The van der Waals surface area contributed by atoms with Crippen LogP contribution in [0.3, 0.4) is 0 Å². The van der Waals surface area contributed by atoms with Gasteiger partial charge in [0.05, 0.1) is 6.61 Å². The first-order chi connectivity index (χ1) is 5.22. The zero-order chi connectivity index (χ0) is 9.11. The van der Waals surface area contributed by atoms with Crippen LogP contribution in [-0.4, -0.2) is 23.4 Å². The molecule has 0 aromatic rings. The first-order valence-corrected chi connectivity index (χ1v) is 4.10. The summed E-state index contributed by atoms with van der Waals surface area (Å²) in [6.07, 6.45) is 4.32. The van der Waals surface area contributed by atoms with Crippen LogP contribution in [0, 0.1) is 0 Å². The van der Waals surface area contributed by atoms with Crippen molar-refractivity contribution in [1.29, 1.82) is 0 Å².